The molecule has 0 amide bonds. The topological polar surface area (TPSA) is 94.3 Å². The Balaban J connectivity index is 1.34. The van der Waals surface area contributed by atoms with Crippen LogP contribution in [0.1, 0.15) is 11.1 Å². The van der Waals surface area contributed by atoms with Gasteiger partial charge in [-0.3, -0.25) is 4.68 Å². The molecular formula is C35H33FN6O3S. The summed E-state index contributed by atoms with van der Waals surface area (Å²) in [7, 11) is -2.30. The first-order chi connectivity index (χ1) is 22.3. The second-order valence-corrected chi connectivity index (χ2v) is 13.2. The maximum Gasteiger partial charge on any atom is 0.269 e. The van der Waals surface area contributed by atoms with Crippen molar-refractivity contribution in [1.29, 1.82) is 0 Å². The number of ether oxygens (including phenoxy) is 1. The van der Waals surface area contributed by atoms with Gasteiger partial charge in [0, 0.05) is 66.8 Å². The van der Waals surface area contributed by atoms with Gasteiger partial charge < -0.3 is 15.0 Å². The molecule has 9 nitrogen and oxygen atoms in total. The molecule has 46 heavy (non-hydrogen) atoms. The fourth-order valence-electron chi connectivity index (χ4n) is 5.91. The van der Waals surface area contributed by atoms with Crippen molar-refractivity contribution in [2.24, 2.45) is 0 Å². The minimum atomic E-state index is -3.97. The number of hydrogen-bond acceptors (Lipinski definition) is 7. The van der Waals surface area contributed by atoms with Gasteiger partial charge in [0.1, 0.15) is 11.6 Å². The molecule has 7 rings (SSSR count). The minimum absolute atomic E-state index is 0.169. The van der Waals surface area contributed by atoms with Gasteiger partial charge in [0.2, 0.25) is 0 Å². The van der Waals surface area contributed by atoms with Crippen LogP contribution in [0, 0.1) is 12.7 Å². The van der Waals surface area contributed by atoms with Crippen molar-refractivity contribution < 1.29 is 17.5 Å². The molecule has 1 fully saturated rings. The zero-order valence-electron chi connectivity index (χ0n) is 25.5. The molecule has 0 atom stereocenters. The number of aryl methyl sites for hydroxylation is 1. The van der Waals surface area contributed by atoms with Crippen molar-refractivity contribution in [3.8, 4) is 28.0 Å². The Hall–Kier alpha value is -5.00. The number of benzene rings is 3. The Morgan fingerprint density at radius 1 is 0.913 bits per heavy atom. The molecule has 11 heteroatoms. The van der Waals surface area contributed by atoms with E-state index in [4.69, 9.17) is 9.72 Å². The number of anilines is 1. The Morgan fingerprint density at radius 2 is 1.72 bits per heavy atom. The van der Waals surface area contributed by atoms with E-state index in [1.54, 1.807) is 60.7 Å². The van der Waals surface area contributed by atoms with Crippen LogP contribution in [0.2, 0.25) is 0 Å². The molecule has 3 aromatic carbocycles. The fourth-order valence-corrected chi connectivity index (χ4v) is 7.23. The number of halogens is 1. The zero-order chi connectivity index (χ0) is 31.8. The molecule has 0 unspecified atom stereocenters. The van der Waals surface area contributed by atoms with Gasteiger partial charge in [-0.05, 0) is 60.5 Å². The molecule has 0 bridgehead atoms. The lowest BCUT2D eigenvalue weighted by molar-refractivity contribution is 0.413. The number of nitrogens with one attached hydrogen (secondary N) is 1. The van der Waals surface area contributed by atoms with Gasteiger partial charge in [-0.2, -0.15) is 5.10 Å². The smallest absolute Gasteiger partial charge is 0.269 e. The number of fused-ring (bicyclic) bond motifs is 1. The second-order valence-electron chi connectivity index (χ2n) is 11.4. The molecule has 1 aliphatic heterocycles. The first kappa shape index (κ1) is 29.7. The summed E-state index contributed by atoms with van der Waals surface area (Å²) in [6.45, 7) is 5.88. The van der Waals surface area contributed by atoms with Gasteiger partial charge in [-0.1, -0.05) is 35.9 Å². The van der Waals surface area contributed by atoms with E-state index in [1.165, 1.54) is 16.1 Å². The Bertz CT molecular complexity index is 2150. The normalized spacial score (nSPS) is 13.8. The first-order valence-corrected chi connectivity index (χ1v) is 16.5. The van der Waals surface area contributed by atoms with E-state index in [-0.39, 0.29) is 10.7 Å². The molecule has 3 aromatic heterocycles. The van der Waals surface area contributed by atoms with Crippen LogP contribution in [0.5, 0.6) is 5.75 Å². The highest BCUT2D eigenvalue weighted by atomic mass is 32.2. The van der Waals surface area contributed by atoms with Crippen LogP contribution in [-0.4, -0.2) is 60.4 Å². The summed E-state index contributed by atoms with van der Waals surface area (Å²) in [5.74, 6) is 0.448. The summed E-state index contributed by atoms with van der Waals surface area (Å²) in [4.78, 5) is 7.19. The predicted molar refractivity (Wildman–Crippen MR) is 177 cm³/mol. The molecule has 234 valence electrons. The van der Waals surface area contributed by atoms with Crippen molar-refractivity contribution in [3.05, 3.63) is 115 Å². The number of methoxy groups -OCH3 is 1. The third-order valence-electron chi connectivity index (χ3n) is 8.34. The van der Waals surface area contributed by atoms with Crippen LogP contribution in [-0.2, 0) is 16.6 Å². The van der Waals surface area contributed by atoms with E-state index in [0.29, 0.717) is 28.7 Å². The Morgan fingerprint density at radius 3 is 2.48 bits per heavy atom. The molecule has 1 N–H and O–H groups in total. The number of aromatic nitrogens is 4. The van der Waals surface area contributed by atoms with E-state index in [1.807, 2.05) is 37.4 Å². The van der Waals surface area contributed by atoms with Crippen LogP contribution in [0.15, 0.2) is 102 Å². The lowest BCUT2D eigenvalue weighted by atomic mass is 10.0. The van der Waals surface area contributed by atoms with E-state index in [2.05, 4.69) is 21.4 Å². The number of rotatable bonds is 8. The highest BCUT2D eigenvalue weighted by Crippen LogP contribution is 2.37. The summed E-state index contributed by atoms with van der Waals surface area (Å²) in [5, 5.41) is 8.55. The standard InChI is InChI=1S/C35H33FN6O3S/c1-24-6-9-30(10-7-24)46(43,44)42-23-32(28-20-39-41(22-28)21-25-4-3-5-29(36)16-25)31-17-27(19-38-35(31)42)26-8-11-33(34(18-26)45-2)40-14-12-37-13-15-40/h3-11,16-20,22-23,37H,12-15,21H2,1-2H3. The van der Waals surface area contributed by atoms with Crippen molar-refractivity contribution >= 4 is 26.7 Å². The molecule has 1 saturated heterocycles. The van der Waals surface area contributed by atoms with Crippen molar-refractivity contribution in [3.63, 3.8) is 0 Å². The van der Waals surface area contributed by atoms with Crippen molar-refractivity contribution in [2.45, 2.75) is 18.4 Å². The third kappa shape index (κ3) is 5.63. The molecule has 4 heterocycles. The SMILES string of the molecule is COc1cc(-c2cnc3c(c2)c(-c2cnn(Cc4cccc(F)c4)c2)cn3S(=O)(=O)c2ccc(C)cc2)ccc1N1CCNCC1. The van der Waals surface area contributed by atoms with Gasteiger partial charge >= 0.3 is 0 Å². The highest BCUT2D eigenvalue weighted by Gasteiger charge is 2.24. The monoisotopic (exact) mass is 636 g/mol. The van der Waals surface area contributed by atoms with Gasteiger partial charge in [-0.25, -0.2) is 21.8 Å². The second kappa shape index (κ2) is 12.1. The average Bonchev–Trinajstić information content (AvgIpc) is 3.69. The quantitative estimate of drug-likeness (QED) is 0.229. The minimum Gasteiger partial charge on any atom is -0.495 e. The lowest BCUT2D eigenvalue weighted by Crippen LogP contribution is -2.43. The van der Waals surface area contributed by atoms with Crippen LogP contribution in [0.4, 0.5) is 10.1 Å². The number of piperazine rings is 1. The largest absolute Gasteiger partial charge is 0.495 e. The fraction of sp³-hybridized carbons (Fsp3) is 0.200. The number of nitrogens with zero attached hydrogens (tertiary/aromatic N) is 5. The van der Waals surface area contributed by atoms with Crippen molar-refractivity contribution in [2.75, 3.05) is 38.2 Å². The van der Waals surface area contributed by atoms with Crippen LogP contribution in [0.25, 0.3) is 33.3 Å². The zero-order valence-corrected chi connectivity index (χ0v) is 26.3. The summed E-state index contributed by atoms with van der Waals surface area (Å²) in [6, 6.07) is 21.2. The lowest BCUT2D eigenvalue weighted by Gasteiger charge is -2.30. The third-order valence-corrected chi connectivity index (χ3v) is 10.0. The van der Waals surface area contributed by atoms with Gasteiger partial charge in [-0.15, -0.1) is 0 Å². The van der Waals surface area contributed by atoms with E-state index < -0.39 is 10.0 Å². The summed E-state index contributed by atoms with van der Waals surface area (Å²) in [6.07, 6.45) is 6.82. The Kier molecular flexibility index (Phi) is 7.79. The predicted octanol–water partition coefficient (Wildman–Crippen LogP) is 5.72. The summed E-state index contributed by atoms with van der Waals surface area (Å²) in [5.41, 5.74) is 6.15. The van der Waals surface area contributed by atoms with Crippen LogP contribution in [0.3, 0.4) is 0 Å². The van der Waals surface area contributed by atoms with E-state index in [9.17, 15) is 12.8 Å². The maximum atomic E-state index is 13.9. The summed E-state index contributed by atoms with van der Waals surface area (Å²) < 4.78 is 50.5. The van der Waals surface area contributed by atoms with Gasteiger partial charge in [0.05, 0.1) is 30.4 Å². The molecular weight excluding hydrogens is 603 g/mol. The average molecular weight is 637 g/mol. The number of hydrogen-bond donors (Lipinski definition) is 1. The molecule has 0 aliphatic carbocycles. The summed E-state index contributed by atoms with van der Waals surface area (Å²) >= 11 is 0. The maximum absolute atomic E-state index is 13.9. The van der Waals surface area contributed by atoms with Crippen LogP contribution < -0.4 is 15.0 Å². The Labute approximate surface area is 266 Å². The number of pyridine rings is 1. The molecule has 6 aromatic rings. The van der Waals surface area contributed by atoms with Gasteiger partial charge in [0.15, 0.2) is 5.65 Å². The highest BCUT2D eigenvalue weighted by molar-refractivity contribution is 7.90. The van der Waals surface area contributed by atoms with Crippen LogP contribution >= 0.6 is 0 Å². The molecule has 0 spiro atoms. The van der Waals surface area contributed by atoms with E-state index in [0.717, 1.165) is 59.9 Å². The molecule has 1 aliphatic rings. The van der Waals surface area contributed by atoms with E-state index >= 15 is 0 Å². The van der Waals surface area contributed by atoms with Gasteiger partial charge in [0.25, 0.3) is 10.0 Å². The van der Waals surface area contributed by atoms with Crippen molar-refractivity contribution in [1.82, 2.24) is 24.1 Å². The molecule has 0 saturated carbocycles. The molecule has 0 radical (unpaired) electrons. The first-order valence-electron chi connectivity index (χ1n) is 15.0.